The molecular formula is C18H16N6. The Morgan fingerprint density at radius 3 is 2.42 bits per heavy atom. The zero-order chi connectivity index (χ0) is 16.4. The van der Waals surface area contributed by atoms with E-state index in [-0.39, 0.29) is 0 Å². The fourth-order valence-corrected chi connectivity index (χ4v) is 2.98. The molecule has 0 unspecified atom stereocenters. The van der Waals surface area contributed by atoms with Gasteiger partial charge >= 0.3 is 0 Å². The third kappa shape index (κ3) is 2.61. The van der Waals surface area contributed by atoms with Gasteiger partial charge in [-0.05, 0) is 24.3 Å². The second kappa shape index (κ2) is 6.13. The molecule has 0 spiro atoms. The van der Waals surface area contributed by atoms with Crippen molar-refractivity contribution in [2.24, 2.45) is 0 Å². The standard InChI is InChI=1S/C18H16N6/c19-12-14-4-3-7-20-18(14)24-10-8-23(9-11-24)17-13-21-15-5-1-2-6-16(15)22-17/h1-7,13H,8-11H2. The second-order valence-electron chi connectivity index (χ2n) is 5.68. The number of hydrogen-bond donors (Lipinski definition) is 0. The van der Waals surface area contributed by atoms with Crippen molar-refractivity contribution in [3.63, 3.8) is 0 Å². The SMILES string of the molecule is N#Cc1cccnc1N1CCN(c2cnc3ccccc3n2)CC1. The third-order valence-electron chi connectivity index (χ3n) is 4.25. The summed E-state index contributed by atoms with van der Waals surface area (Å²) >= 11 is 0. The van der Waals surface area contributed by atoms with Crippen molar-refractivity contribution < 1.29 is 0 Å². The van der Waals surface area contributed by atoms with Crippen molar-refractivity contribution in [2.75, 3.05) is 36.0 Å². The fourth-order valence-electron chi connectivity index (χ4n) is 2.98. The number of nitrogens with zero attached hydrogens (tertiary/aromatic N) is 6. The summed E-state index contributed by atoms with van der Waals surface area (Å²) in [5.41, 5.74) is 2.44. The van der Waals surface area contributed by atoms with E-state index >= 15 is 0 Å². The molecular weight excluding hydrogens is 300 g/mol. The van der Waals surface area contributed by atoms with Crippen molar-refractivity contribution in [2.45, 2.75) is 0 Å². The Hall–Kier alpha value is -3.20. The van der Waals surface area contributed by atoms with Crippen LogP contribution in [0.5, 0.6) is 0 Å². The number of anilines is 2. The van der Waals surface area contributed by atoms with Crippen molar-refractivity contribution in [1.82, 2.24) is 15.0 Å². The van der Waals surface area contributed by atoms with Gasteiger partial charge in [0, 0.05) is 32.4 Å². The predicted octanol–water partition coefficient (Wildman–Crippen LogP) is 2.22. The number of aromatic nitrogens is 3. The summed E-state index contributed by atoms with van der Waals surface area (Å²) in [7, 11) is 0. The van der Waals surface area contributed by atoms with E-state index in [9.17, 15) is 5.26 Å². The average molecular weight is 316 g/mol. The van der Waals surface area contributed by atoms with Gasteiger partial charge in [-0.1, -0.05) is 12.1 Å². The van der Waals surface area contributed by atoms with Crippen LogP contribution >= 0.6 is 0 Å². The quantitative estimate of drug-likeness (QED) is 0.722. The lowest BCUT2D eigenvalue weighted by Crippen LogP contribution is -2.47. The highest BCUT2D eigenvalue weighted by molar-refractivity contribution is 5.75. The fraction of sp³-hybridized carbons (Fsp3) is 0.222. The smallest absolute Gasteiger partial charge is 0.147 e. The minimum absolute atomic E-state index is 0.622. The molecule has 3 aromatic rings. The van der Waals surface area contributed by atoms with Gasteiger partial charge in [0.25, 0.3) is 0 Å². The zero-order valence-electron chi connectivity index (χ0n) is 13.1. The zero-order valence-corrected chi connectivity index (χ0v) is 13.1. The largest absolute Gasteiger partial charge is 0.352 e. The molecule has 2 aromatic heterocycles. The van der Waals surface area contributed by atoms with Gasteiger partial charge in [-0.25, -0.2) is 9.97 Å². The monoisotopic (exact) mass is 316 g/mol. The maximum atomic E-state index is 9.23. The third-order valence-corrected chi connectivity index (χ3v) is 4.25. The summed E-state index contributed by atoms with van der Waals surface area (Å²) in [6, 6.07) is 13.7. The first-order chi connectivity index (χ1) is 11.8. The maximum absolute atomic E-state index is 9.23. The van der Waals surface area contributed by atoms with E-state index in [1.54, 1.807) is 12.3 Å². The Bertz CT molecular complexity index is 909. The Labute approximate surface area is 140 Å². The van der Waals surface area contributed by atoms with Gasteiger partial charge in [-0.2, -0.15) is 5.26 Å². The molecule has 1 fully saturated rings. The Kier molecular flexibility index (Phi) is 3.67. The van der Waals surface area contributed by atoms with Crippen molar-refractivity contribution in [1.29, 1.82) is 5.26 Å². The van der Waals surface area contributed by atoms with Crippen molar-refractivity contribution in [3.05, 3.63) is 54.4 Å². The highest BCUT2D eigenvalue weighted by atomic mass is 15.3. The lowest BCUT2D eigenvalue weighted by molar-refractivity contribution is 0.641. The highest BCUT2D eigenvalue weighted by Crippen LogP contribution is 2.21. The molecule has 4 rings (SSSR count). The molecule has 0 N–H and O–H groups in total. The number of rotatable bonds is 2. The van der Waals surface area contributed by atoms with E-state index in [1.807, 2.05) is 36.5 Å². The predicted molar refractivity (Wildman–Crippen MR) is 92.9 cm³/mol. The van der Waals surface area contributed by atoms with Gasteiger partial charge in [-0.15, -0.1) is 0 Å². The number of piperazine rings is 1. The summed E-state index contributed by atoms with van der Waals surface area (Å²) in [4.78, 5) is 17.9. The Morgan fingerprint density at radius 1 is 0.875 bits per heavy atom. The molecule has 1 aromatic carbocycles. The average Bonchev–Trinajstić information content (AvgIpc) is 2.67. The van der Waals surface area contributed by atoms with Gasteiger partial charge in [0.05, 0.1) is 22.8 Å². The molecule has 118 valence electrons. The van der Waals surface area contributed by atoms with E-state index < -0.39 is 0 Å². The van der Waals surface area contributed by atoms with E-state index in [0.29, 0.717) is 5.56 Å². The van der Waals surface area contributed by atoms with Gasteiger partial charge < -0.3 is 9.80 Å². The summed E-state index contributed by atoms with van der Waals surface area (Å²) < 4.78 is 0. The van der Waals surface area contributed by atoms with Crippen LogP contribution < -0.4 is 9.80 Å². The minimum Gasteiger partial charge on any atom is -0.352 e. The summed E-state index contributed by atoms with van der Waals surface area (Å²) in [6.45, 7) is 3.27. The molecule has 0 bridgehead atoms. The summed E-state index contributed by atoms with van der Waals surface area (Å²) in [5, 5.41) is 9.23. The molecule has 24 heavy (non-hydrogen) atoms. The van der Waals surface area contributed by atoms with E-state index in [2.05, 4.69) is 25.8 Å². The molecule has 0 atom stereocenters. The number of benzene rings is 1. The maximum Gasteiger partial charge on any atom is 0.147 e. The molecule has 0 amide bonds. The van der Waals surface area contributed by atoms with Crippen LogP contribution in [0.4, 0.5) is 11.6 Å². The molecule has 0 radical (unpaired) electrons. The van der Waals surface area contributed by atoms with Crippen molar-refractivity contribution >= 4 is 22.7 Å². The number of pyridine rings is 1. The number of nitriles is 1. The molecule has 6 heteroatoms. The lowest BCUT2D eigenvalue weighted by atomic mass is 10.2. The number of hydrogen-bond acceptors (Lipinski definition) is 6. The van der Waals surface area contributed by atoms with Crippen LogP contribution in [0.15, 0.2) is 48.8 Å². The van der Waals surface area contributed by atoms with Crippen LogP contribution in [0.2, 0.25) is 0 Å². The molecule has 6 nitrogen and oxygen atoms in total. The van der Waals surface area contributed by atoms with Crippen LogP contribution in [0, 0.1) is 11.3 Å². The topological polar surface area (TPSA) is 68.9 Å². The van der Waals surface area contributed by atoms with Gasteiger partial charge in [-0.3, -0.25) is 4.98 Å². The van der Waals surface area contributed by atoms with Crippen LogP contribution in [-0.4, -0.2) is 41.1 Å². The summed E-state index contributed by atoms with van der Waals surface area (Å²) in [6.07, 6.45) is 3.57. The Balaban J connectivity index is 1.52. The van der Waals surface area contributed by atoms with Gasteiger partial charge in [0.15, 0.2) is 0 Å². The highest BCUT2D eigenvalue weighted by Gasteiger charge is 2.21. The number of fused-ring (bicyclic) bond motifs is 1. The lowest BCUT2D eigenvalue weighted by Gasteiger charge is -2.36. The van der Waals surface area contributed by atoms with Crippen molar-refractivity contribution in [3.8, 4) is 6.07 Å². The molecule has 0 aliphatic carbocycles. The van der Waals surface area contributed by atoms with Crippen LogP contribution in [0.25, 0.3) is 11.0 Å². The van der Waals surface area contributed by atoms with Gasteiger partial charge in [0.2, 0.25) is 0 Å². The van der Waals surface area contributed by atoms with Gasteiger partial charge in [0.1, 0.15) is 17.7 Å². The second-order valence-corrected chi connectivity index (χ2v) is 5.68. The first-order valence-corrected chi connectivity index (χ1v) is 7.92. The van der Waals surface area contributed by atoms with E-state index in [4.69, 9.17) is 4.98 Å². The minimum atomic E-state index is 0.622. The normalized spacial score (nSPS) is 14.6. The molecule has 1 aliphatic rings. The molecule has 1 saturated heterocycles. The van der Waals surface area contributed by atoms with Crippen LogP contribution in [0.1, 0.15) is 5.56 Å². The van der Waals surface area contributed by atoms with Crippen LogP contribution in [0.3, 0.4) is 0 Å². The summed E-state index contributed by atoms with van der Waals surface area (Å²) in [5.74, 6) is 1.67. The first-order valence-electron chi connectivity index (χ1n) is 7.92. The van der Waals surface area contributed by atoms with E-state index in [1.165, 1.54) is 0 Å². The van der Waals surface area contributed by atoms with Crippen LogP contribution in [-0.2, 0) is 0 Å². The Morgan fingerprint density at radius 2 is 1.62 bits per heavy atom. The molecule has 0 saturated carbocycles. The first kappa shape index (κ1) is 14.4. The molecule has 1 aliphatic heterocycles. The number of para-hydroxylation sites is 2. The molecule has 3 heterocycles. The van der Waals surface area contributed by atoms with E-state index in [0.717, 1.165) is 48.8 Å².